The van der Waals surface area contributed by atoms with Gasteiger partial charge in [0.25, 0.3) is 0 Å². The molecule has 152 valence electrons. The van der Waals surface area contributed by atoms with Gasteiger partial charge in [-0.3, -0.25) is 4.72 Å². The van der Waals surface area contributed by atoms with Crippen LogP contribution in [0.15, 0.2) is 66.7 Å². The highest BCUT2D eigenvalue weighted by atomic mass is 32.2. The largest absolute Gasteiger partial charge is 0.284 e. The summed E-state index contributed by atoms with van der Waals surface area (Å²) in [7, 11) is -3.42. The lowest BCUT2D eigenvalue weighted by molar-refractivity contribution is 0.443. The van der Waals surface area contributed by atoms with Crippen LogP contribution in [-0.2, 0) is 10.0 Å². The Balaban J connectivity index is 1.42. The molecule has 0 radical (unpaired) electrons. The number of hydrogen-bond acceptors (Lipinski definition) is 2. The van der Waals surface area contributed by atoms with Crippen LogP contribution < -0.4 is 4.72 Å². The lowest BCUT2D eigenvalue weighted by Crippen LogP contribution is -2.20. The van der Waals surface area contributed by atoms with E-state index in [0.717, 1.165) is 10.9 Å². The first kappa shape index (κ1) is 20.0. The SMILES string of the molecule is CC(CS(=O)(=O)Nc1ccc(C2CCCCC2)cc1)c1ccc2ccccc2c1. The molecule has 1 aliphatic carbocycles. The van der Waals surface area contributed by atoms with Crippen molar-refractivity contribution in [3.05, 3.63) is 77.9 Å². The molecule has 3 aromatic carbocycles. The Bertz CT molecular complexity index is 1070. The molecule has 0 saturated heterocycles. The second-order valence-corrected chi connectivity index (χ2v) is 10.1. The van der Waals surface area contributed by atoms with Gasteiger partial charge in [0.1, 0.15) is 0 Å². The maximum Gasteiger partial charge on any atom is 0.233 e. The summed E-state index contributed by atoms with van der Waals surface area (Å²) in [6.45, 7) is 1.97. The normalized spacial score (nSPS) is 16.6. The third-order valence-corrected chi connectivity index (χ3v) is 7.56. The zero-order chi connectivity index (χ0) is 20.3. The molecule has 1 N–H and O–H groups in total. The molecule has 0 spiro atoms. The quantitative estimate of drug-likeness (QED) is 0.511. The summed E-state index contributed by atoms with van der Waals surface area (Å²) >= 11 is 0. The minimum absolute atomic E-state index is 0.0652. The molecule has 0 heterocycles. The molecule has 29 heavy (non-hydrogen) atoms. The van der Waals surface area contributed by atoms with E-state index in [0.29, 0.717) is 11.6 Å². The summed E-state index contributed by atoms with van der Waals surface area (Å²) in [5.74, 6) is 0.608. The molecule has 1 fully saturated rings. The Labute approximate surface area is 174 Å². The smallest absolute Gasteiger partial charge is 0.233 e. The van der Waals surface area contributed by atoms with Crippen LogP contribution in [0.2, 0.25) is 0 Å². The summed E-state index contributed by atoms with van der Waals surface area (Å²) < 4.78 is 28.2. The standard InChI is InChI=1S/C25H29NO2S/c1-19(23-12-11-21-9-5-6-10-24(21)17-23)18-29(27,28)26-25-15-13-22(14-16-25)20-7-3-2-4-8-20/h5-6,9-17,19-20,26H,2-4,7-8,18H2,1H3. The lowest BCUT2D eigenvalue weighted by atomic mass is 9.84. The highest BCUT2D eigenvalue weighted by Crippen LogP contribution is 2.33. The van der Waals surface area contributed by atoms with Crippen LogP contribution in [0, 0.1) is 0 Å². The molecule has 1 atom stereocenters. The fourth-order valence-corrected chi connectivity index (χ4v) is 5.85. The van der Waals surface area contributed by atoms with Gasteiger partial charge in [-0.05, 0) is 58.7 Å². The van der Waals surface area contributed by atoms with E-state index < -0.39 is 10.0 Å². The van der Waals surface area contributed by atoms with Crippen LogP contribution in [0.25, 0.3) is 10.8 Å². The fraction of sp³-hybridized carbons (Fsp3) is 0.360. The molecule has 4 heteroatoms. The van der Waals surface area contributed by atoms with Crippen LogP contribution in [0.5, 0.6) is 0 Å². The minimum atomic E-state index is -3.42. The van der Waals surface area contributed by atoms with Crippen LogP contribution in [0.1, 0.15) is 62.0 Å². The molecule has 0 amide bonds. The molecule has 0 aromatic heterocycles. The predicted octanol–water partition coefficient (Wildman–Crippen LogP) is 6.43. The van der Waals surface area contributed by atoms with E-state index in [4.69, 9.17) is 0 Å². The van der Waals surface area contributed by atoms with Crippen LogP contribution in [0.3, 0.4) is 0 Å². The monoisotopic (exact) mass is 407 g/mol. The molecular weight excluding hydrogens is 378 g/mol. The maximum atomic E-state index is 12.7. The van der Waals surface area contributed by atoms with Crippen molar-refractivity contribution in [2.24, 2.45) is 0 Å². The summed E-state index contributed by atoms with van der Waals surface area (Å²) in [4.78, 5) is 0. The number of anilines is 1. The average Bonchev–Trinajstić information content (AvgIpc) is 2.74. The van der Waals surface area contributed by atoms with Crippen molar-refractivity contribution < 1.29 is 8.42 Å². The van der Waals surface area contributed by atoms with Crippen molar-refractivity contribution in [2.45, 2.75) is 50.9 Å². The third kappa shape index (κ3) is 4.99. The number of sulfonamides is 1. The predicted molar refractivity (Wildman–Crippen MR) is 122 cm³/mol. The Morgan fingerprint density at radius 2 is 1.59 bits per heavy atom. The fourth-order valence-electron chi connectivity index (χ4n) is 4.42. The van der Waals surface area contributed by atoms with E-state index in [-0.39, 0.29) is 11.7 Å². The summed E-state index contributed by atoms with van der Waals surface area (Å²) in [5, 5.41) is 2.31. The molecular formula is C25H29NO2S. The van der Waals surface area contributed by atoms with Gasteiger partial charge in [-0.2, -0.15) is 0 Å². The number of rotatable bonds is 6. The number of fused-ring (bicyclic) bond motifs is 1. The Hall–Kier alpha value is -2.33. The second-order valence-electron chi connectivity index (χ2n) is 8.35. The van der Waals surface area contributed by atoms with Crippen LogP contribution >= 0.6 is 0 Å². The van der Waals surface area contributed by atoms with Gasteiger partial charge in [-0.1, -0.05) is 80.8 Å². The second kappa shape index (κ2) is 8.58. The van der Waals surface area contributed by atoms with Gasteiger partial charge in [0.05, 0.1) is 5.75 Å². The van der Waals surface area contributed by atoms with Crippen molar-refractivity contribution in [2.75, 3.05) is 10.5 Å². The van der Waals surface area contributed by atoms with Crippen molar-refractivity contribution in [3.63, 3.8) is 0 Å². The summed E-state index contributed by atoms with van der Waals surface area (Å²) in [6.07, 6.45) is 6.42. The first-order valence-electron chi connectivity index (χ1n) is 10.6. The lowest BCUT2D eigenvalue weighted by Gasteiger charge is -2.22. The van der Waals surface area contributed by atoms with E-state index in [1.165, 1.54) is 43.1 Å². The van der Waals surface area contributed by atoms with Gasteiger partial charge in [-0.25, -0.2) is 8.42 Å². The van der Waals surface area contributed by atoms with E-state index in [1.54, 1.807) is 0 Å². The summed E-state index contributed by atoms with van der Waals surface area (Å²) in [6, 6.07) is 22.3. The van der Waals surface area contributed by atoms with Crippen molar-refractivity contribution in [1.82, 2.24) is 0 Å². The van der Waals surface area contributed by atoms with Gasteiger partial charge in [-0.15, -0.1) is 0 Å². The molecule has 3 nitrogen and oxygen atoms in total. The molecule has 0 aliphatic heterocycles. The van der Waals surface area contributed by atoms with Gasteiger partial charge < -0.3 is 0 Å². The molecule has 0 bridgehead atoms. The highest BCUT2D eigenvalue weighted by molar-refractivity contribution is 7.92. The zero-order valence-electron chi connectivity index (χ0n) is 17.0. The number of hydrogen-bond donors (Lipinski definition) is 1. The first-order chi connectivity index (χ1) is 14.0. The van der Waals surface area contributed by atoms with E-state index >= 15 is 0 Å². The Morgan fingerprint density at radius 1 is 0.897 bits per heavy atom. The average molecular weight is 408 g/mol. The minimum Gasteiger partial charge on any atom is -0.284 e. The van der Waals surface area contributed by atoms with Gasteiger partial charge in [0.2, 0.25) is 10.0 Å². The molecule has 1 saturated carbocycles. The number of nitrogens with one attached hydrogen (secondary N) is 1. The zero-order valence-corrected chi connectivity index (χ0v) is 17.8. The van der Waals surface area contributed by atoms with E-state index in [1.807, 2.05) is 37.3 Å². The Morgan fingerprint density at radius 3 is 2.31 bits per heavy atom. The number of benzene rings is 3. The Kier molecular flexibility index (Phi) is 5.91. The maximum absolute atomic E-state index is 12.7. The van der Waals surface area contributed by atoms with Crippen molar-refractivity contribution in [3.8, 4) is 0 Å². The highest BCUT2D eigenvalue weighted by Gasteiger charge is 2.19. The van der Waals surface area contributed by atoms with Crippen molar-refractivity contribution in [1.29, 1.82) is 0 Å². The van der Waals surface area contributed by atoms with Gasteiger partial charge >= 0.3 is 0 Å². The first-order valence-corrected chi connectivity index (χ1v) is 12.2. The van der Waals surface area contributed by atoms with Gasteiger partial charge in [0, 0.05) is 5.69 Å². The topological polar surface area (TPSA) is 46.2 Å². The summed E-state index contributed by atoms with van der Waals surface area (Å²) in [5.41, 5.74) is 3.02. The third-order valence-electron chi connectivity index (χ3n) is 6.07. The van der Waals surface area contributed by atoms with Crippen LogP contribution in [0.4, 0.5) is 5.69 Å². The van der Waals surface area contributed by atoms with Gasteiger partial charge in [0.15, 0.2) is 0 Å². The van der Waals surface area contributed by atoms with E-state index in [2.05, 4.69) is 41.1 Å². The van der Waals surface area contributed by atoms with E-state index in [9.17, 15) is 8.42 Å². The molecule has 1 unspecified atom stereocenters. The molecule has 4 rings (SSSR count). The molecule has 1 aliphatic rings. The molecule has 3 aromatic rings. The van der Waals surface area contributed by atoms with Crippen LogP contribution in [-0.4, -0.2) is 14.2 Å². The van der Waals surface area contributed by atoms with Crippen molar-refractivity contribution >= 4 is 26.5 Å².